The van der Waals surface area contributed by atoms with E-state index in [0.29, 0.717) is 18.7 Å². The van der Waals surface area contributed by atoms with Crippen molar-refractivity contribution in [3.8, 4) is 0 Å². The minimum atomic E-state index is -3.74. The van der Waals surface area contributed by atoms with Crippen LogP contribution in [0.25, 0.3) is 0 Å². The molecule has 1 fully saturated rings. The smallest absolute Gasteiger partial charge is 0.238 e. The third-order valence-corrected chi connectivity index (χ3v) is 5.92. The highest BCUT2D eigenvalue weighted by atomic mass is 32.2. The molecule has 18 heavy (non-hydrogen) atoms. The normalized spacial score (nSPS) is 23.7. The van der Waals surface area contributed by atoms with Crippen molar-refractivity contribution in [2.45, 2.75) is 10.1 Å². The molecule has 1 aliphatic heterocycles. The van der Waals surface area contributed by atoms with E-state index < -0.39 is 25.1 Å². The second-order valence-electron chi connectivity index (χ2n) is 4.17. The van der Waals surface area contributed by atoms with Gasteiger partial charge in [0, 0.05) is 13.1 Å². The third kappa shape index (κ3) is 2.72. The van der Waals surface area contributed by atoms with Crippen molar-refractivity contribution < 1.29 is 16.8 Å². The molecule has 0 saturated carbocycles. The second kappa shape index (κ2) is 4.61. The Bertz CT molecular complexity index is 635. The maximum Gasteiger partial charge on any atom is 0.238 e. The predicted molar refractivity (Wildman–Crippen MR) is 67.2 cm³/mol. The van der Waals surface area contributed by atoms with Gasteiger partial charge in [0.25, 0.3) is 0 Å². The van der Waals surface area contributed by atoms with Crippen LogP contribution in [0.2, 0.25) is 0 Å². The summed E-state index contributed by atoms with van der Waals surface area (Å²) in [6, 6.07) is 5.65. The van der Waals surface area contributed by atoms with Crippen molar-refractivity contribution in [1.29, 1.82) is 0 Å². The molecule has 100 valence electrons. The number of nitrogens with one attached hydrogen (secondary N) is 1. The van der Waals surface area contributed by atoms with Crippen molar-refractivity contribution in [2.75, 3.05) is 18.8 Å². The maximum absolute atomic E-state index is 11.9. The van der Waals surface area contributed by atoms with Crippen LogP contribution >= 0.6 is 0 Å². The second-order valence-corrected chi connectivity index (χ2v) is 8.04. The first-order chi connectivity index (χ1) is 8.31. The van der Waals surface area contributed by atoms with Crippen LogP contribution in [0.1, 0.15) is 10.8 Å². The highest BCUT2D eigenvalue weighted by Crippen LogP contribution is 2.25. The molecule has 1 atom stereocenters. The Balaban J connectivity index is 2.35. The molecule has 8 heteroatoms. The fourth-order valence-electron chi connectivity index (χ4n) is 1.91. The SMILES string of the molecule is NS(=O)(=O)c1ccc(C2CNCCS2(=O)=O)cc1. The zero-order chi connectivity index (χ0) is 13.4. The van der Waals surface area contributed by atoms with Gasteiger partial charge < -0.3 is 5.32 Å². The number of rotatable bonds is 2. The molecule has 0 aromatic heterocycles. The topological polar surface area (TPSA) is 106 Å². The summed E-state index contributed by atoms with van der Waals surface area (Å²) in [5, 5.41) is 7.37. The Kier molecular flexibility index (Phi) is 3.45. The quantitative estimate of drug-likeness (QED) is 0.756. The summed E-state index contributed by atoms with van der Waals surface area (Å²) in [6.07, 6.45) is 0. The largest absolute Gasteiger partial charge is 0.314 e. The van der Waals surface area contributed by atoms with Crippen molar-refractivity contribution >= 4 is 19.9 Å². The Morgan fingerprint density at radius 3 is 2.33 bits per heavy atom. The summed E-state index contributed by atoms with van der Waals surface area (Å²) in [5.41, 5.74) is 0.578. The molecule has 2 rings (SSSR count). The van der Waals surface area contributed by atoms with E-state index >= 15 is 0 Å². The van der Waals surface area contributed by atoms with Crippen molar-refractivity contribution in [3.05, 3.63) is 29.8 Å². The number of sulfone groups is 1. The van der Waals surface area contributed by atoms with Crippen LogP contribution in [0.15, 0.2) is 29.2 Å². The summed E-state index contributed by atoms with van der Waals surface area (Å²) in [5.74, 6) is 0.0919. The summed E-state index contributed by atoms with van der Waals surface area (Å²) >= 11 is 0. The number of primary sulfonamides is 1. The van der Waals surface area contributed by atoms with Crippen LogP contribution < -0.4 is 10.5 Å². The highest BCUT2D eigenvalue weighted by molar-refractivity contribution is 7.91. The molecule has 0 bridgehead atoms. The van der Waals surface area contributed by atoms with Gasteiger partial charge in [0.15, 0.2) is 9.84 Å². The van der Waals surface area contributed by atoms with Gasteiger partial charge in [-0.1, -0.05) is 12.1 Å². The molecule has 0 spiro atoms. The van der Waals surface area contributed by atoms with Crippen LogP contribution in [0.4, 0.5) is 0 Å². The lowest BCUT2D eigenvalue weighted by Crippen LogP contribution is -2.38. The van der Waals surface area contributed by atoms with Gasteiger partial charge in [-0.25, -0.2) is 22.0 Å². The molecule has 1 heterocycles. The summed E-state index contributed by atoms with van der Waals surface area (Å²) in [4.78, 5) is -0.0209. The number of sulfonamides is 1. The molecule has 3 N–H and O–H groups in total. The van der Waals surface area contributed by atoms with E-state index in [2.05, 4.69) is 5.32 Å². The van der Waals surface area contributed by atoms with Gasteiger partial charge >= 0.3 is 0 Å². The molecule has 0 aliphatic carbocycles. The van der Waals surface area contributed by atoms with E-state index in [4.69, 9.17) is 5.14 Å². The summed E-state index contributed by atoms with van der Waals surface area (Å²) in [7, 11) is -6.91. The van der Waals surface area contributed by atoms with Gasteiger partial charge in [0.05, 0.1) is 15.9 Å². The zero-order valence-corrected chi connectivity index (χ0v) is 11.2. The minimum Gasteiger partial charge on any atom is -0.314 e. The average Bonchev–Trinajstić information content (AvgIpc) is 2.27. The molecule has 0 radical (unpaired) electrons. The monoisotopic (exact) mass is 290 g/mol. The Morgan fingerprint density at radius 2 is 1.83 bits per heavy atom. The predicted octanol–water partition coefficient (Wildman–Crippen LogP) is -0.607. The first-order valence-electron chi connectivity index (χ1n) is 5.36. The van der Waals surface area contributed by atoms with E-state index in [1.807, 2.05) is 0 Å². The third-order valence-electron chi connectivity index (χ3n) is 2.91. The van der Waals surface area contributed by atoms with Gasteiger partial charge in [0.1, 0.15) is 0 Å². The lowest BCUT2D eigenvalue weighted by molar-refractivity contribution is 0.551. The van der Waals surface area contributed by atoms with Gasteiger partial charge in [-0.05, 0) is 17.7 Å². The molecule has 1 unspecified atom stereocenters. The van der Waals surface area contributed by atoms with Gasteiger partial charge in [-0.15, -0.1) is 0 Å². The summed E-state index contributed by atoms with van der Waals surface area (Å²) in [6.45, 7) is 0.797. The zero-order valence-electron chi connectivity index (χ0n) is 9.53. The van der Waals surface area contributed by atoms with Crippen molar-refractivity contribution in [3.63, 3.8) is 0 Å². The molecule has 1 saturated heterocycles. The first-order valence-corrected chi connectivity index (χ1v) is 8.62. The Morgan fingerprint density at radius 1 is 1.22 bits per heavy atom. The van der Waals surface area contributed by atoms with Gasteiger partial charge in [0.2, 0.25) is 10.0 Å². The Labute approximate surface area is 106 Å². The minimum absolute atomic E-state index is 0.0209. The van der Waals surface area contributed by atoms with E-state index in [1.165, 1.54) is 24.3 Å². The van der Waals surface area contributed by atoms with Crippen LogP contribution in [-0.4, -0.2) is 35.7 Å². The van der Waals surface area contributed by atoms with Crippen LogP contribution in [0.5, 0.6) is 0 Å². The molecule has 1 aromatic carbocycles. The molecular formula is C10H14N2O4S2. The first kappa shape index (κ1) is 13.5. The molecule has 1 aromatic rings. The number of hydrogen-bond acceptors (Lipinski definition) is 5. The number of benzene rings is 1. The molecular weight excluding hydrogens is 276 g/mol. The van der Waals surface area contributed by atoms with E-state index in [-0.39, 0.29) is 10.6 Å². The highest BCUT2D eigenvalue weighted by Gasteiger charge is 2.30. The number of nitrogens with two attached hydrogens (primary N) is 1. The Hall–Kier alpha value is -0.960. The maximum atomic E-state index is 11.9. The van der Waals surface area contributed by atoms with Crippen LogP contribution in [-0.2, 0) is 19.9 Å². The fourth-order valence-corrected chi connectivity index (χ4v) is 4.09. The van der Waals surface area contributed by atoms with E-state index in [9.17, 15) is 16.8 Å². The lowest BCUT2D eigenvalue weighted by atomic mass is 10.1. The van der Waals surface area contributed by atoms with Gasteiger partial charge in [-0.2, -0.15) is 0 Å². The standard InChI is InChI=1S/C10H14N2O4S2/c11-18(15,16)9-3-1-8(2-4-9)10-7-12-5-6-17(10,13)14/h1-4,10,12H,5-7H2,(H2,11,15,16). The molecule has 1 aliphatic rings. The number of hydrogen-bond donors (Lipinski definition) is 2. The van der Waals surface area contributed by atoms with E-state index in [0.717, 1.165) is 0 Å². The molecule has 0 amide bonds. The summed E-state index contributed by atoms with van der Waals surface area (Å²) < 4.78 is 46.0. The lowest BCUT2D eigenvalue weighted by Gasteiger charge is -2.23. The van der Waals surface area contributed by atoms with Gasteiger partial charge in [-0.3, -0.25) is 0 Å². The average molecular weight is 290 g/mol. The fraction of sp³-hybridized carbons (Fsp3) is 0.400. The van der Waals surface area contributed by atoms with Crippen LogP contribution in [0, 0.1) is 0 Å². The van der Waals surface area contributed by atoms with Crippen LogP contribution in [0.3, 0.4) is 0 Å². The van der Waals surface area contributed by atoms with Crippen molar-refractivity contribution in [2.24, 2.45) is 5.14 Å². The van der Waals surface area contributed by atoms with E-state index in [1.54, 1.807) is 0 Å². The van der Waals surface area contributed by atoms with Crippen molar-refractivity contribution in [1.82, 2.24) is 5.32 Å². The molecule has 6 nitrogen and oxygen atoms in total.